The Bertz CT molecular complexity index is 499. The number of furan rings is 1. The molecule has 2 atom stereocenters. The highest BCUT2D eigenvalue weighted by atomic mass is 16.6. The molecule has 1 aromatic rings. The zero-order valence-electron chi connectivity index (χ0n) is 14.5. The Hall–Kier alpha value is -0.880. The standard InChI is InChI=1S/C19H29NO4/c1-5-19(15-20(6-1)11-17-4-9-22-12-17)10-18(14-24-19)23-13-16-2-7-21-8-3-16/h4,9,12,16,18H,1-3,5-8,10-11,13-15H2/t18-,19+/m1/s1. The highest BCUT2D eigenvalue weighted by Gasteiger charge is 2.44. The molecule has 3 fully saturated rings. The number of piperidine rings is 1. The number of ether oxygens (including phenoxy) is 3. The number of hydrogen-bond donors (Lipinski definition) is 0. The van der Waals surface area contributed by atoms with Crippen molar-refractivity contribution >= 4 is 0 Å². The van der Waals surface area contributed by atoms with Crippen LogP contribution in [0.1, 0.15) is 37.7 Å². The van der Waals surface area contributed by atoms with E-state index in [1.54, 1.807) is 6.26 Å². The second-order valence-electron chi connectivity index (χ2n) is 7.66. The summed E-state index contributed by atoms with van der Waals surface area (Å²) < 4.78 is 23.1. The van der Waals surface area contributed by atoms with Gasteiger partial charge in [0.25, 0.3) is 0 Å². The van der Waals surface area contributed by atoms with Crippen molar-refractivity contribution in [2.45, 2.75) is 50.4 Å². The minimum absolute atomic E-state index is 0.00231. The Balaban J connectivity index is 1.26. The molecule has 3 aliphatic rings. The first-order chi connectivity index (χ1) is 11.8. The van der Waals surface area contributed by atoms with Crippen LogP contribution in [-0.2, 0) is 20.8 Å². The van der Waals surface area contributed by atoms with Crippen LogP contribution in [0.4, 0.5) is 0 Å². The molecule has 0 unspecified atom stereocenters. The van der Waals surface area contributed by atoms with Crippen molar-refractivity contribution in [1.82, 2.24) is 4.90 Å². The molecule has 5 nitrogen and oxygen atoms in total. The second-order valence-corrected chi connectivity index (χ2v) is 7.66. The van der Waals surface area contributed by atoms with E-state index in [0.29, 0.717) is 5.92 Å². The molecule has 24 heavy (non-hydrogen) atoms. The summed E-state index contributed by atoms with van der Waals surface area (Å²) >= 11 is 0. The van der Waals surface area contributed by atoms with Crippen molar-refractivity contribution in [3.05, 3.63) is 24.2 Å². The SMILES string of the molecule is c1cc(CN2CCC[C@]3(C[C@@H](OCC4CCOCC4)CO3)C2)co1. The number of nitrogens with zero attached hydrogens (tertiary/aromatic N) is 1. The lowest BCUT2D eigenvalue weighted by molar-refractivity contribution is -0.0555. The van der Waals surface area contributed by atoms with Gasteiger partial charge in [-0.3, -0.25) is 4.90 Å². The van der Waals surface area contributed by atoms with Gasteiger partial charge in [0.05, 0.1) is 37.4 Å². The number of hydrogen-bond acceptors (Lipinski definition) is 5. The van der Waals surface area contributed by atoms with Gasteiger partial charge in [0.1, 0.15) is 0 Å². The molecule has 3 saturated heterocycles. The minimum atomic E-state index is 0.00231. The quantitative estimate of drug-likeness (QED) is 0.828. The van der Waals surface area contributed by atoms with Crippen LogP contribution in [0.5, 0.6) is 0 Å². The third-order valence-electron chi connectivity index (χ3n) is 5.69. The van der Waals surface area contributed by atoms with Crippen molar-refractivity contribution in [2.75, 3.05) is 39.5 Å². The summed E-state index contributed by atoms with van der Waals surface area (Å²) in [4.78, 5) is 2.50. The molecular weight excluding hydrogens is 306 g/mol. The molecule has 5 heteroatoms. The number of likely N-dealkylation sites (tertiary alicyclic amines) is 1. The van der Waals surface area contributed by atoms with Crippen LogP contribution in [0.15, 0.2) is 23.0 Å². The molecule has 0 saturated carbocycles. The molecule has 0 amide bonds. The molecule has 4 rings (SSSR count). The lowest BCUT2D eigenvalue weighted by Gasteiger charge is -2.39. The van der Waals surface area contributed by atoms with Gasteiger partial charge < -0.3 is 18.6 Å². The molecule has 0 N–H and O–H groups in total. The van der Waals surface area contributed by atoms with E-state index < -0.39 is 0 Å². The van der Waals surface area contributed by atoms with E-state index in [4.69, 9.17) is 18.6 Å². The highest BCUT2D eigenvalue weighted by molar-refractivity contribution is 5.06. The summed E-state index contributed by atoms with van der Waals surface area (Å²) in [5, 5.41) is 0. The second kappa shape index (κ2) is 7.56. The van der Waals surface area contributed by atoms with Crippen LogP contribution < -0.4 is 0 Å². The highest BCUT2D eigenvalue weighted by Crippen LogP contribution is 2.36. The fraction of sp³-hybridized carbons (Fsp3) is 0.789. The first-order valence-electron chi connectivity index (χ1n) is 9.38. The van der Waals surface area contributed by atoms with Crippen LogP contribution in [0.2, 0.25) is 0 Å². The summed E-state index contributed by atoms with van der Waals surface area (Å²) in [7, 11) is 0. The van der Waals surface area contributed by atoms with Crippen molar-refractivity contribution in [3.8, 4) is 0 Å². The van der Waals surface area contributed by atoms with Crippen molar-refractivity contribution in [2.24, 2.45) is 5.92 Å². The van der Waals surface area contributed by atoms with Gasteiger partial charge in [0.15, 0.2) is 0 Å². The predicted molar refractivity (Wildman–Crippen MR) is 89.8 cm³/mol. The van der Waals surface area contributed by atoms with Gasteiger partial charge in [-0.1, -0.05) is 0 Å². The summed E-state index contributed by atoms with van der Waals surface area (Å²) in [5.74, 6) is 0.666. The van der Waals surface area contributed by atoms with Crippen LogP contribution in [0.3, 0.4) is 0 Å². The van der Waals surface area contributed by atoms with E-state index in [2.05, 4.69) is 11.0 Å². The molecular formula is C19H29NO4. The Morgan fingerprint density at radius 1 is 1.29 bits per heavy atom. The van der Waals surface area contributed by atoms with Crippen LogP contribution in [-0.4, -0.2) is 56.1 Å². The van der Waals surface area contributed by atoms with Gasteiger partial charge in [0.2, 0.25) is 0 Å². The van der Waals surface area contributed by atoms with E-state index in [9.17, 15) is 0 Å². The third-order valence-corrected chi connectivity index (χ3v) is 5.69. The van der Waals surface area contributed by atoms with Crippen LogP contribution >= 0.6 is 0 Å². The van der Waals surface area contributed by atoms with Gasteiger partial charge in [-0.25, -0.2) is 0 Å². The average molecular weight is 335 g/mol. The zero-order chi connectivity index (χ0) is 16.2. The molecule has 1 aromatic heterocycles. The first-order valence-corrected chi connectivity index (χ1v) is 9.38. The molecule has 0 aromatic carbocycles. The molecule has 4 heterocycles. The largest absolute Gasteiger partial charge is 0.472 e. The lowest BCUT2D eigenvalue weighted by Crippen LogP contribution is -2.47. The van der Waals surface area contributed by atoms with Gasteiger partial charge in [-0.2, -0.15) is 0 Å². The maximum absolute atomic E-state index is 6.27. The smallest absolute Gasteiger partial charge is 0.0947 e. The molecule has 3 aliphatic heterocycles. The molecule has 0 bridgehead atoms. The average Bonchev–Trinajstić information content (AvgIpc) is 3.25. The normalized spacial score (nSPS) is 32.6. The van der Waals surface area contributed by atoms with Crippen LogP contribution in [0.25, 0.3) is 0 Å². The molecule has 0 aliphatic carbocycles. The summed E-state index contributed by atoms with van der Waals surface area (Å²) in [6.45, 7) is 6.51. The Labute approximate surface area is 144 Å². The topological polar surface area (TPSA) is 44.1 Å². The van der Waals surface area contributed by atoms with Crippen molar-refractivity contribution in [3.63, 3.8) is 0 Å². The van der Waals surface area contributed by atoms with E-state index >= 15 is 0 Å². The maximum atomic E-state index is 6.27. The van der Waals surface area contributed by atoms with Crippen molar-refractivity contribution in [1.29, 1.82) is 0 Å². The predicted octanol–water partition coefficient (Wildman–Crippen LogP) is 2.85. The molecule has 134 valence electrons. The van der Waals surface area contributed by atoms with Gasteiger partial charge >= 0.3 is 0 Å². The van der Waals surface area contributed by atoms with Crippen molar-refractivity contribution < 1.29 is 18.6 Å². The molecule has 1 spiro atoms. The Morgan fingerprint density at radius 2 is 2.21 bits per heavy atom. The summed E-state index contributed by atoms with van der Waals surface area (Å²) in [6.07, 6.45) is 9.53. The zero-order valence-corrected chi connectivity index (χ0v) is 14.5. The molecule has 0 radical (unpaired) electrons. The maximum Gasteiger partial charge on any atom is 0.0947 e. The third kappa shape index (κ3) is 4.02. The Kier molecular flexibility index (Phi) is 5.22. The minimum Gasteiger partial charge on any atom is -0.472 e. The van der Waals surface area contributed by atoms with Crippen LogP contribution in [0, 0.1) is 5.92 Å². The van der Waals surface area contributed by atoms with E-state index in [0.717, 1.165) is 71.7 Å². The fourth-order valence-corrected chi connectivity index (χ4v) is 4.35. The summed E-state index contributed by atoms with van der Waals surface area (Å²) in [5.41, 5.74) is 1.25. The van der Waals surface area contributed by atoms with Gasteiger partial charge in [-0.15, -0.1) is 0 Å². The monoisotopic (exact) mass is 335 g/mol. The first kappa shape index (κ1) is 16.6. The van der Waals surface area contributed by atoms with Gasteiger partial charge in [-0.05, 0) is 44.2 Å². The van der Waals surface area contributed by atoms with E-state index in [1.165, 1.54) is 12.0 Å². The van der Waals surface area contributed by atoms with Gasteiger partial charge in [0, 0.05) is 38.3 Å². The lowest BCUT2D eigenvalue weighted by atomic mass is 9.89. The van der Waals surface area contributed by atoms with E-state index in [1.807, 2.05) is 6.26 Å². The summed E-state index contributed by atoms with van der Waals surface area (Å²) in [6, 6.07) is 2.05. The number of rotatable bonds is 5. The van der Waals surface area contributed by atoms with E-state index in [-0.39, 0.29) is 11.7 Å². The Morgan fingerprint density at radius 3 is 3.04 bits per heavy atom. The fourth-order valence-electron chi connectivity index (χ4n) is 4.35.